The zero-order valence-electron chi connectivity index (χ0n) is 14.5. The lowest BCUT2D eigenvalue weighted by atomic mass is 10.1. The van der Waals surface area contributed by atoms with E-state index in [1.165, 1.54) is 12.0 Å². The van der Waals surface area contributed by atoms with Gasteiger partial charge in [-0.2, -0.15) is 5.10 Å². The van der Waals surface area contributed by atoms with E-state index in [2.05, 4.69) is 10.1 Å². The predicted molar refractivity (Wildman–Crippen MR) is 93.3 cm³/mol. The van der Waals surface area contributed by atoms with Gasteiger partial charge in [0.2, 0.25) is 0 Å². The smallest absolute Gasteiger partial charge is 0.359 e. The van der Waals surface area contributed by atoms with Gasteiger partial charge < -0.3 is 9.64 Å². The maximum absolute atomic E-state index is 11.9. The highest BCUT2D eigenvalue weighted by molar-refractivity contribution is 6.03. The van der Waals surface area contributed by atoms with Crippen LogP contribution in [0.5, 0.6) is 0 Å². The largest absolute Gasteiger partial charge is 0.464 e. The molecule has 7 nitrogen and oxygen atoms in total. The molecule has 0 bridgehead atoms. The molecule has 0 unspecified atom stereocenters. The Bertz CT molecular complexity index is 958. The molecular weight excluding hydrogens is 320 g/mol. The fourth-order valence-electron chi connectivity index (χ4n) is 2.62. The van der Waals surface area contributed by atoms with E-state index in [9.17, 15) is 9.59 Å². The van der Waals surface area contributed by atoms with Crippen molar-refractivity contribution < 1.29 is 14.3 Å². The molecule has 7 heteroatoms. The Hall–Kier alpha value is -3.22. The standard InChI is InChI=1S/C18H18N4O3/c1-21(2)17(23)12-5-7-14(19-10-12)11-6-8-15-13(9-11)16(18(24)25-4)20-22(15)3/h5-10H,1-4H3. The second kappa shape index (κ2) is 6.35. The second-order valence-electron chi connectivity index (χ2n) is 5.83. The molecule has 0 atom stereocenters. The highest BCUT2D eigenvalue weighted by Gasteiger charge is 2.17. The topological polar surface area (TPSA) is 77.3 Å². The molecule has 0 saturated carbocycles. The Morgan fingerprint density at radius 3 is 2.52 bits per heavy atom. The number of carbonyl (C=O) groups is 2. The summed E-state index contributed by atoms with van der Waals surface area (Å²) in [6.07, 6.45) is 1.55. The van der Waals surface area contributed by atoms with Crippen LogP contribution in [0.15, 0.2) is 36.5 Å². The van der Waals surface area contributed by atoms with Gasteiger partial charge in [0, 0.05) is 38.3 Å². The Morgan fingerprint density at radius 2 is 1.92 bits per heavy atom. The number of esters is 1. The molecule has 0 aliphatic heterocycles. The zero-order chi connectivity index (χ0) is 18.1. The molecule has 3 rings (SSSR count). The molecule has 0 aliphatic carbocycles. The predicted octanol–water partition coefficient (Wildman–Crippen LogP) is 2.12. The van der Waals surface area contributed by atoms with Crippen molar-refractivity contribution in [1.82, 2.24) is 19.7 Å². The van der Waals surface area contributed by atoms with E-state index in [0.29, 0.717) is 16.6 Å². The molecular formula is C18H18N4O3. The third kappa shape index (κ3) is 2.96. The van der Waals surface area contributed by atoms with Gasteiger partial charge in [-0.05, 0) is 24.3 Å². The number of ether oxygens (including phenoxy) is 1. The van der Waals surface area contributed by atoms with E-state index in [0.717, 1.165) is 11.1 Å². The van der Waals surface area contributed by atoms with Gasteiger partial charge in [-0.15, -0.1) is 0 Å². The zero-order valence-corrected chi connectivity index (χ0v) is 14.5. The lowest BCUT2D eigenvalue weighted by molar-refractivity contribution is 0.0595. The summed E-state index contributed by atoms with van der Waals surface area (Å²) in [7, 11) is 6.49. The van der Waals surface area contributed by atoms with Crippen molar-refractivity contribution in [3.05, 3.63) is 47.8 Å². The molecule has 0 spiro atoms. The van der Waals surface area contributed by atoms with Crippen LogP contribution in [0.2, 0.25) is 0 Å². The molecule has 0 fully saturated rings. The number of benzene rings is 1. The quantitative estimate of drug-likeness (QED) is 0.684. The summed E-state index contributed by atoms with van der Waals surface area (Å²) in [5.74, 6) is -0.586. The van der Waals surface area contributed by atoms with Crippen molar-refractivity contribution in [1.29, 1.82) is 0 Å². The van der Waals surface area contributed by atoms with Gasteiger partial charge in [0.25, 0.3) is 5.91 Å². The number of aryl methyl sites for hydroxylation is 1. The molecule has 128 valence electrons. The minimum Gasteiger partial charge on any atom is -0.464 e. The molecule has 0 saturated heterocycles. The van der Waals surface area contributed by atoms with E-state index in [4.69, 9.17) is 4.74 Å². The first-order valence-electron chi connectivity index (χ1n) is 7.65. The van der Waals surface area contributed by atoms with Crippen LogP contribution in [0, 0.1) is 0 Å². The molecule has 1 aromatic carbocycles. The summed E-state index contributed by atoms with van der Waals surface area (Å²) in [6, 6.07) is 9.15. The van der Waals surface area contributed by atoms with Crippen LogP contribution in [0.25, 0.3) is 22.2 Å². The fourth-order valence-corrected chi connectivity index (χ4v) is 2.62. The van der Waals surface area contributed by atoms with Crippen LogP contribution < -0.4 is 0 Å². The van der Waals surface area contributed by atoms with Crippen molar-refractivity contribution in [2.24, 2.45) is 7.05 Å². The van der Waals surface area contributed by atoms with Crippen molar-refractivity contribution in [3.8, 4) is 11.3 Å². The Labute approximate surface area is 144 Å². The van der Waals surface area contributed by atoms with Crippen LogP contribution in [0.1, 0.15) is 20.8 Å². The molecule has 2 heterocycles. The minimum atomic E-state index is -0.484. The first-order valence-corrected chi connectivity index (χ1v) is 7.65. The summed E-state index contributed by atoms with van der Waals surface area (Å²) in [6.45, 7) is 0. The summed E-state index contributed by atoms with van der Waals surface area (Å²) < 4.78 is 6.43. The van der Waals surface area contributed by atoms with E-state index >= 15 is 0 Å². The fraction of sp³-hybridized carbons (Fsp3) is 0.222. The highest BCUT2D eigenvalue weighted by Crippen LogP contribution is 2.26. The third-order valence-corrected chi connectivity index (χ3v) is 3.94. The normalized spacial score (nSPS) is 10.7. The van der Waals surface area contributed by atoms with E-state index in [1.54, 1.807) is 44.2 Å². The van der Waals surface area contributed by atoms with E-state index in [-0.39, 0.29) is 11.6 Å². The summed E-state index contributed by atoms with van der Waals surface area (Å²) in [4.78, 5) is 29.7. The molecule has 0 radical (unpaired) electrons. The van der Waals surface area contributed by atoms with Crippen molar-refractivity contribution >= 4 is 22.8 Å². The highest BCUT2D eigenvalue weighted by atomic mass is 16.5. The minimum absolute atomic E-state index is 0.102. The Morgan fingerprint density at radius 1 is 1.16 bits per heavy atom. The maximum Gasteiger partial charge on any atom is 0.359 e. The van der Waals surface area contributed by atoms with Crippen LogP contribution in [0.4, 0.5) is 0 Å². The number of hydrogen-bond acceptors (Lipinski definition) is 5. The van der Waals surface area contributed by atoms with Gasteiger partial charge in [0.1, 0.15) is 0 Å². The number of nitrogens with zero attached hydrogens (tertiary/aromatic N) is 4. The summed E-state index contributed by atoms with van der Waals surface area (Å²) >= 11 is 0. The number of hydrogen-bond donors (Lipinski definition) is 0. The third-order valence-electron chi connectivity index (χ3n) is 3.94. The first-order chi connectivity index (χ1) is 11.9. The average molecular weight is 338 g/mol. The number of rotatable bonds is 3. The molecule has 1 amide bonds. The second-order valence-corrected chi connectivity index (χ2v) is 5.83. The van der Waals surface area contributed by atoms with Crippen molar-refractivity contribution in [2.45, 2.75) is 0 Å². The van der Waals surface area contributed by atoms with Crippen molar-refractivity contribution in [2.75, 3.05) is 21.2 Å². The SMILES string of the molecule is COC(=O)c1nn(C)c2ccc(-c3ccc(C(=O)N(C)C)cn3)cc12. The lowest BCUT2D eigenvalue weighted by Gasteiger charge is -2.10. The van der Waals surface area contributed by atoms with Crippen LogP contribution in [0.3, 0.4) is 0 Å². The summed E-state index contributed by atoms with van der Waals surface area (Å²) in [5.41, 5.74) is 3.14. The van der Waals surface area contributed by atoms with Gasteiger partial charge in [-0.25, -0.2) is 4.79 Å². The Kier molecular flexibility index (Phi) is 4.22. The number of fused-ring (bicyclic) bond motifs is 1. The first kappa shape index (κ1) is 16.6. The molecule has 3 aromatic rings. The lowest BCUT2D eigenvalue weighted by Crippen LogP contribution is -2.21. The van der Waals surface area contributed by atoms with Crippen molar-refractivity contribution in [3.63, 3.8) is 0 Å². The van der Waals surface area contributed by atoms with Gasteiger partial charge >= 0.3 is 5.97 Å². The molecule has 0 N–H and O–H groups in total. The van der Waals surface area contributed by atoms with Gasteiger partial charge in [0.05, 0.1) is 23.9 Å². The van der Waals surface area contributed by atoms with Crippen LogP contribution >= 0.6 is 0 Å². The number of amides is 1. The Balaban J connectivity index is 2.04. The van der Waals surface area contributed by atoms with Crippen LogP contribution in [-0.2, 0) is 11.8 Å². The van der Waals surface area contributed by atoms with Gasteiger partial charge in [-0.3, -0.25) is 14.5 Å². The molecule has 2 aromatic heterocycles. The van der Waals surface area contributed by atoms with Gasteiger partial charge in [0.15, 0.2) is 5.69 Å². The van der Waals surface area contributed by atoms with Crippen LogP contribution in [-0.4, -0.2) is 52.7 Å². The number of aromatic nitrogens is 3. The van der Waals surface area contributed by atoms with E-state index < -0.39 is 5.97 Å². The molecule has 25 heavy (non-hydrogen) atoms. The van der Waals surface area contributed by atoms with E-state index in [1.807, 2.05) is 18.2 Å². The number of pyridine rings is 1. The number of methoxy groups -OCH3 is 1. The summed E-state index contributed by atoms with van der Waals surface area (Å²) in [5, 5.41) is 4.92. The maximum atomic E-state index is 11.9. The molecule has 0 aliphatic rings. The van der Waals surface area contributed by atoms with Gasteiger partial charge in [-0.1, -0.05) is 6.07 Å². The number of carbonyl (C=O) groups excluding carboxylic acids is 2. The monoisotopic (exact) mass is 338 g/mol. The average Bonchev–Trinajstić information content (AvgIpc) is 2.96.